The van der Waals surface area contributed by atoms with Crippen LogP contribution in [0.5, 0.6) is 0 Å². The molecule has 7 heteroatoms. The molecule has 1 unspecified atom stereocenters. The Bertz CT molecular complexity index is 434. The van der Waals surface area contributed by atoms with Crippen LogP contribution in [-0.4, -0.2) is 27.0 Å². The summed E-state index contributed by atoms with van der Waals surface area (Å²) >= 11 is 4.51. The zero-order valence-electron chi connectivity index (χ0n) is 7.11. The van der Waals surface area contributed by atoms with Gasteiger partial charge in [-0.1, -0.05) is 11.8 Å². The molecule has 1 aliphatic rings. The SMILES string of the molecule is Nc1nc2n(c(=O)c1Br)C(CO)CS2. The van der Waals surface area contributed by atoms with Crippen LogP contribution in [0.15, 0.2) is 14.4 Å². The monoisotopic (exact) mass is 277 g/mol. The highest BCUT2D eigenvalue weighted by Crippen LogP contribution is 2.31. The molecule has 0 amide bonds. The number of rotatable bonds is 1. The normalized spacial score (nSPS) is 19.7. The van der Waals surface area contributed by atoms with E-state index in [2.05, 4.69) is 20.9 Å². The molecule has 0 aromatic carbocycles. The van der Waals surface area contributed by atoms with Crippen molar-refractivity contribution in [3.05, 3.63) is 14.8 Å². The summed E-state index contributed by atoms with van der Waals surface area (Å²) in [5, 5.41) is 9.63. The summed E-state index contributed by atoms with van der Waals surface area (Å²) < 4.78 is 1.74. The molecule has 14 heavy (non-hydrogen) atoms. The first-order chi connectivity index (χ1) is 6.65. The predicted molar refractivity (Wildman–Crippen MR) is 57.5 cm³/mol. The number of nitrogens with two attached hydrogens (primary N) is 1. The number of anilines is 1. The summed E-state index contributed by atoms with van der Waals surface area (Å²) in [7, 11) is 0. The lowest BCUT2D eigenvalue weighted by Crippen LogP contribution is -2.27. The number of thioether (sulfide) groups is 1. The van der Waals surface area contributed by atoms with E-state index in [0.29, 0.717) is 10.9 Å². The average molecular weight is 278 g/mol. The van der Waals surface area contributed by atoms with Gasteiger partial charge in [-0.25, -0.2) is 4.98 Å². The maximum Gasteiger partial charge on any atom is 0.271 e. The smallest absolute Gasteiger partial charge is 0.271 e. The fourth-order valence-corrected chi connectivity index (χ4v) is 2.72. The fourth-order valence-electron chi connectivity index (χ4n) is 1.31. The lowest BCUT2D eigenvalue weighted by Gasteiger charge is -2.10. The number of fused-ring (bicyclic) bond motifs is 1. The van der Waals surface area contributed by atoms with Crippen molar-refractivity contribution in [3.8, 4) is 0 Å². The van der Waals surface area contributed by atoms with Gasteiger partial charge in [-0.05, 0) is 15.9 Å². The van der Waals surface area contributed by atoms with Gasteiger partial charge in [-0.2, -0.15) is 0 Å². The quantitative estimate of drug-likeness (QED) is 0.719. The van der Waals surface area contributed by atoms with Crippen LogP contribution in [-0.2, 0) is 0 Å². The third-order valence-electron chi connectivity index (χ3n) is 2.03. The third kappa shape index (κ3) is 1.35. The molecule has 0 fully saturated rings. The van der Waals surface area contributed by atoms with E-state index in [1.54, 1.807) is 0 Å². The molecule has 0 aliphatic carbocycles. The van der Waals surface area contributed by atoms with Crippen molar-refractivity contribution in [2.45, 2.75) is 11.2 Å². The van der Waals surface area contributed by atoms with Crippen LogP contribution in [0.25, 0.3) is 0 Å². The van der Waals surface area contributed by atoms with Gasteiger partial charge in [-0.15, -0.1) is 0 Å². The largest absolute Gasteiger partial charge is 0.394 e. The van der Waals surface area contributed by atoms with E-state index in [4.69, 9.17) is 10.8 Å². The molecular weight excluding hydrogens is 270 g/mol. The maximum atomic E-state index is 11.7. The van der Waals surface area contributed by atoms with Gasteiger partial charge in [0.1, 0.15) is 10.3 Å². The summed E-state index contributed by atoms with van der Waals surface area (Å²) in [6.45, 7) is -0.0576. The number of hydrogen-bond acceptors (Lipinski definition) is 5. The zero-order valence-corrected chi connectivity index (χ0v) is 9.51. The van der Waals surface area contributed by atoms with E-state index in [0.717, 1.165) is 0 Å². The maximum absolute atomic E-state index is 11.7. The van der Waals surface area contributed by atoms with Gasteiger partial charge >= 0.3 is 0 Å². The third-order valence-corrected chi connectivity index (χ3v) is 3.88. The van der Waals surface area contributed by atoms with Gasteiger partial charge in [0.2, 0.25) is 0 Å². The Morgan fingerprint density at radius 3 is 3.14 bits per heavy atom. The van der Waals surface area contributed by atoms with Crippen molar-refractivity contribution in [1.29, 1.82) is 0 Å². The molecule has 1 aliphatic heterocycles. The predicted octanol–water partition coefficient (Wildman–Crippen LogP) is 0.227. The molecule has 0 spiro atoms. The number of aromatic nitrogens is 2. The van der Waals surface area contributed by atoms with Crippen molar-refractivity contribution in [1.82, 2.24) is 9.55 Å². The van der Waals surface area contributed by atoms with Crippen molar-refractivity contribution in [2.24, 2.45) is 0 Å². The Morgan fingerprint density at radius 2 is 2.50 bits per heavy atom. The molecule has 3 N–H and O–H groups in total. The summed E-state index contributed by atoms with van der Waals surface area (Å²) in [4.78, 5) is 15.8. The second kappa shape index (κ2) is 3.56. The van der Waals surface area contributed by atoms with E-state index in [1.807, 2.05) is 0 Å². The molecule has 1 aromatic heterocycles. The standard InChI is InChI=1S/C7H8BrN3O2S/c8-4-5(9)10-7-11(6(4)13)3(1-12)2-14-7/h3,12H,1-2,9H2. The first kappa shape index (κ1) is 10.0. The van der Waals surface area contributed by atoms with Crippen LogP contribution in [0.3, 0.4) is 0 Å². The summed E-state index contributed by atoms with van der Waals surface area (Å²) in [6.07, 6.45) is 0. The molecule has 0 bridgehead atoms. The van der Waals surface area contributed by atoms with Gasteiger partial charge in [0, 0.05) is 5.75 Å². The van der Waals surface area contributed by atoms with Gasteiger partial charge in [0.05, 0.1) is 12.6 Å². The first-order valence-electron chi connectivity index (χ1n) is 3.96. The Kier molecular flexibility index (Phi) is 2.54. The second-order valence-electron chi connectivity index (χ2n) is 2.92. The highest BCUT2D eigenvalue weighted by atomic mass is 79.9. The number of aliphatic hydroxyl groups excluding tert-OH is 1. The van der Waals surface area contributed by atoms with E-state index in [1.165, 1.54) is 16.3 Å². The highest BCUT2D eigenvalue weighted by molar-refractivity contribution is 9.10. The van der Waals surface area contributed by atoms with Gasteiger partial charge in [0.25, 0.3) is 5.56 Å². The topological polar surface area (TPSA) is 81.1 Å². The molecule has 1 aromatic rings. The van der Waals surface area contributed by atoms with Crippen molar-refractivity contribution < 1.29 is 5.11 Å². The molecule has 1 atom stereocenters. The van der Waals surface area contributed by atoms with Gasteiger partial charge in [-0.3, -0.25) is 9.36 Å². The number of aliphatic hydroxyl groups is 1. The minimum Gasteiger partial charge on any atom is -0.394 e. The number of nitrogens with zero attached hydrogens (tertiary/aromatic N) is 2. The first-order valence-corrected chi connectivity index (χ1v) is 5.74. The molecule has 0 radical (unpaired) electrons. The Morgan fingerprint density at radius 1 is 1.79 bits per heavy atom. The summed E-state index contributed by atoms with van der Waals surface area (Å²) in [5.74, 6) is 0.863. The Labute approximate surface area is 92.5 Å². The van der Waals surface area contributed by atoms with Crippen LogP contribution in [0.4, 0.5) is 5.82 Å². The van der Waals surface area contributed by atoms with Crippen molar-refractivity contribution >= 4 is 33.5 Å². The van der Waals surface area contributed by atoms with E-state index in [-0.39, 0.29) is 28.5 Å². The van der Waals surface area contributed by atoms with E-state index < -0.39 is 0 Å². The van der Waals surface area contributed by atoms with Gasteiger partial charge < -0.3 is 10.8 Å². The lowest BCUT2D eigenvalue weighted by atomic mass is 10.3. The van der Waals surface area contributed by atoms with Gasteiger partial charge in [0.15, 0.2) is 5.16 Å². The highest BCUT2D eigenvalue weighted by Gasteiger charge is 2.26. The molecule has 5 nitrogen and oxygen atoms in total. The van der Waals surface area contributed by atoms with Crippen LogP contribution in [0.2, 0.25) is 0 Å². The molecule has 2 heterocycles. The number of hydrogen-bond donors (Lipinski definition) is 2. The zero-order chi connectivity index (χ0) is 10.3. The minimum absolute atomic E-state index is 0.0576. The lowest BCUT2D eigenvalue weighted by molar-refractivity contribution is 0.235. The van der Waals surface area contributed by atoms with Crippen LogP contribution in [0, 0.1) is 0 Å². The molecule has 0 saturated heterocycles. The number of halogens is 1. The molecular formula is C7H8BrN3O2S. The Hall–Kier alpha value is -0.530. The van der Waals surface area contributed by atoms with Crippen LogP contribution in [0.1, 0.15) is 6.04 Å². The van der Waals surface area contributed by atoms with Crippen molar-refractivity contribution in [3.63, 3.8) is 0 Å². The Balaban J connectivity index is 2.66. The van der Waals surface area contributed by atoms with Crippen LogP contribution < -0.4 is 11.3 Å². The second-order valence-corrected chi connectivity index (χ2v) is 4.70. The fraction of sp³-hybridized carbons (Fsp3) is 0.429. The van der Waals surface area contributed by atoms with Crippen molar-refractivity contribution in [2.75, 3.05) is 18.1 Å². The summed E-state index contributed by atoms with van der Waals surface area (Å²) in [6, 6.07) is -0.188. The molecule has 76 valence electrons. The van der Waals surface area contributed by atoms with E-state index >= 15 is 0 Å². The van der Waals surface area contributed by atoms with Crippen LogP contribution >= 0.6 is 27.7 Å². The van der Waals surface area contributed by atoms with E-state index in [9.17, 15) is 4.79 Å². The molecule has 0 saturated carbocycles. The molecule has 2 rings (SSSR count). The summed E-state index contributed by atoms with van der Waals surface area (Å²) in [5.41, 5.74) is 5.31. The average Bonchev–Trinajstić information content (AvgIpc) is 2.57. The minimum atomic E-state index is -0.225. The number of nitrogen functional groups attached to an aromatic ring is 1.